The quantitative estimate of drug-likeness (QED) is 0.0850. The average Bonchev–Trinajstić information content (AvgIpc) is 3.95. The highest BCUT2D eigenvalue weighted by atomic mass is 16.5. The molecule has 0 bridgehead atoms. The molecule has 8 atom stereocenters. The molecule has 0 aliphatic carbocycles. The Balaban J connectivity index is 0.906. The second-order valence-corrected chi connectivity index (χ2v) is 15.0. The fourth-order valence-corrected chi connectivity index (χ4v) is 8.13. The number of likely N-dealkylation sites (tertiary alicyclic amines) is 2. The number of ether oxygens (including phenoxy) is 4. The summed E-state index contributed by atoms with van der Waals surface area (Å²) in [7, 11) is 0. The van der Waals surface area contributed by atoms with Crippen molar-refractivity contribution in [3.8, 4) is 11.4 Å². The second-order valence-electron chi connectivity index (χ2n) is 15.0. The lowest BCUT2D eigenvalue weighted by Crippen LogP contribution is -2.38. The molecule has 59 heavy (non-hydrogen) atoms. The van der Waals surface area contributed by atoms with Gasteiger partial charge in [0.25, 0.3) is 5.91 Å². The van der Waals surface area contributed by atoms with Gasteiger partial charge in [0.2, 0.25) is 23.6 Å². The molecule has 14 heteroatoms. The summed E-state index contributed by atoms with van der Waals surface area (Å²) in [6.07, 6.45) is 10.6. The first-order valence-corrected chi connectivity index (χ1v) is 20.1. The van der Waals surface area contributed by atoms with Gasteiger partial charge in [-0.15, -0.1) is 6.58 Å². The smallest absolute Gasteiger partial charge is 0.253 e. The van der Waals surface area contributed by atoms with Crippen LogP contribution >= 0.6 is 0 Å². The molecule has 4 aliphatic rings. The minimum atomic E-state index is -0.800. The number of unbranched alkanes of at least 4 members (excludes halogenated alkanes) is 1. The molecule has 3 aromatic rings. The van der Waals surface area contributed by atoms with Crippen LogP contribution in [0.4, 0.5) is 0 Å². The summed E-state index contributed by atoms with van der Waals surface area (Å²) in [6.45, 7) is 8.57. The Morgan fingerprint density at radius 1 is 0.746 bits per heavy atom. The number of nitrogens with zero attached hydrogens (tertiary/aromatic N) is 4. The number of carbonyl (C=O) groups is 5. The van der Waals surface area contributed by atoms with Gasteiger partial charge in [0.15, 0.2) is 0 Å². The number of aryl methyl sites for hydroxylation is 1. The first kappa shape index (κ1) is 41.5. The Hall–Kier alpha value is -5.67. The molecule has 2 aromatic heterocycles. The largest absolute Gasteiger partial charge is 0.377 e. The van der Waals surface area contributed by atoms with Gasteiger partial charge in [-0.1, -0.05) is 74.1 Å². The molecule has 8 unspecified atom stereocenters. The Morgan fingerprint density at radius 3 is 1.97 bits per heavy atom. The first-order valence-electron chi connectivity index (χ1n) is 20.1. The lowest BCUT2D eigenvalue weighted by molar-refractivity contribution is -0.145. The van der Waals surface area contributed by atoms with Crippen LogP contribution < -0.4 is 5.32 Å². The van der Waals surface area contributed by atoms with E-state index < -0.39 is 48.1 Å². The summed E-state index contributed by atoms with van der Waals surface area (Å²) in [5, 5.41) is 2.71. The van der Waals surface area contributed by atoms with Crippen molar-refractivity contribution in [2.24, 2.45) is 23.7 Å². The molecule has 6 heterocycles. The van der Waals surface area contributed by atoms with Gasteiger partial charge in [-0.05, 0) is 48.7 Å². The minimum Gasteiger partial charge on any atom is -0.377 e. The Kier molecular flexibility index (Phi) is 13.3. The number of carbonyl (C=O) groups excluding carboxylic acids is 5. The maximum atomic E-state index is 13.7. The molecule has 1 aromatic carbocycles. The van der Waals surface area contributed by atoms with Crippen LogP contribution in [0.3, 0.4) is 0 Å². The highest BCUT2D eigenvalue weighted by Gasteiger charge is 2.60. The number of benzene rings is 1. The lowest BCUT2D eigenvalue weighted by atomic mass is 9.87. The van der Waals surface area contributed by atoms with Gasteiger partial charge >= 0.3 is 0 Å². The van der Waals surface area contributed by atoms with E-state index in [0.29, 0.717) is 29.9 Å². The van der Waals surface area contributed by atoms with Crippen LogP contribution in [0.2, 0.25) is 0 Å². The predicted octanol–water partition coefficient (Wildman–Crippen LogP) is 4.17. The van der Waals surface area contributed by atoms with Gasteiger partial charge in [-0.25, -0.2) is 0 Å². The van der Waals surface area contributed by atoms with Crippen LogP contribution in [-0.2, 0) is 38.1 Å². The Labute approximate surface area is 343 Å². The van der Waals surface area contributed by atoms with Gasteiger partial charge < -0.3 is 24.3 Å². The third kappa shape index (κ3) is 9.00. The Morgan fingerprint density at radius 2 is 1.32 bits per heavy atom. The topological polar surface area (TPSA) is 167 Å². The fourth-order valence-electron chi connectivity index (χ4n) is 8.13. The van der Waals surface area contributed by atoms with E-state index in [-0.39, 0.29) is 62.6 Å². The number of hydrogen-bond acceptors (Lipinski definition) is 11. The SMILES string of the molecule is C=CC1OC(/C=C\C2OC(/C=C\c3ccccc3)C3C(=O)N(CCCC)C(=O)C23)C2C(=O)N(CCOCCOCNC(=O)c3ccnc(-c4cc(C)ccn4)c3)C(=O)C12. The molecule has 1 N–H and O–H groups in total. The summed E-state index contributed by atoms with van der Waals surface area (Å²) >= 11 is 0. The Bertz CT molecular complexity index is 2110. The van der Waals surface area contributed by atoms with Crippen molar-refractivity contribution in [1.82, 2.24) is 25.1 Å². The van der Waals surface area contributed by atoms with Crippen LogP contribution in [0.25, 0.3) is 17.5 Å². The zero-order chi connectivity index (χ0) is 41.5. The molecule has 4 saturated heterocycles. The molecule has 0 saturated carbocycles. The van der Waals surface area contributed by atoms with E-state index in [1.807, 2.05) is 68.5 Å². The number of fused-ring (bicyclic) bond motifs is 2. The molecule has 4 fully saturated rings. The van der Waals surface area contributed by atoms with Crippen molar-refractivity contribution >= 4 is 35.6 Å². The van der Waals surface area contributed by atoms with Crippen LogP contribution in [0.1, 0.15) is 41.3 Å². The van der Waals surface area contributed by atoms with Gasteiger partial charge in [0, 0.05) is 24.5 Å². The molecule has 0 spiro atoms. The van der Waals surface area contributed by atoms with Gasteiger partial charge in [-0.2, -0.15) is 0 Å². The first-order chi connectivity index (χ1) is 28.7. The summed E-state index contributed by atoms with van der Waals surface area (Å²) in [4.78, 5) is 78.5. The number of hydrogen-bond donors (Lipinski definition) is 1. The molecule has 14 nitrogen and oxygen atoms in total. The molecular weight excluding hydrogens is 755 g/mol. The highest BCUT2D eigenvalue weighted by molar-refractivity contribution is 6.07. The second kappa shape index (κ2) is 18.9. The summed E-state index contributed by atoms with van der Waals surface area (Å²) in [6, 6.07) is 16.7. The van der Waals surface area contributed by atoms with E-state index in [1.54, 1.807) is 36.7 Å². The van der Waals surface area contributed by atoms with E-state index in [0.717, 1.165) is 17.5 Å². The van der Waals surface area contributed by atoms with Gasteiger partial charge in [0.1, 0.15) is 6.73 Å². The summed E-state index contributed by atoms with van der Waals surface area (Å²) in [5.74, 6) is -4.55. The van der Waals surface area contributed by atoms with Crippen molar-refractivity contribution in [1.29, 1.82) is 0 Å². The standard InChI is InChI=1S/C45H49N5O9/c1-4-6-20-49-43(53)39-34(13-12-29-10-8-7-9-11-29)59-36(40(39)44(49)54)15-14-35-38-37(33(5-2)58-35)42(52)50(45(38)55)21-22-56-23-24-57-27-48-41(51)30-17-19-47-32(26-30)31-25-28(3)16-18-46-31/h5,7-19,25-26,33-40H,2,4,6,20-24,27H2,1,3H3,(H,48,51)/b13-12-,15-14-. The third-order valence-electron chi connectivity index (χ3n) is 11.1. The van der Waals surface area contributed by atoms with Gasteiger partial charge in [-0.3, -0.25) is 43.7 Å². The van der Waals surface area contributed by atoms with Crippen molar-refractivity contribution < 1.29 is 42.9 Å². The monoisotopic (exact) mass is 803 g/mol. The zero-order valence-corrected chi connectivity index (χ0v) is 33.2. The average molecular weight is 804 g/mol. The predicted molar refractivity (Wildman–Crippen MR) is 216 cm³/mol. The molecule has 308 valence electrons. The molecule has 0 radical (unpaired) electrons. The zero-order valence-electron chi connectivity index (χ0n) is 33.2. The van der Waals surface area contributed by atoms with Crippen LogP contribution in [0.15, 0.2) is 97.9 Å². The number of pyridine rings is 2. The molecule has 4 aliphatic heterocycles. The maximum absolute atomic E-state index is 13.7. The summed E-state index contributed by atoms with van der Waals surface area (Å²) < 4.78 is 23.7. The number of aromatic nitrogens is 2. The third-order valence-corrected chi connectivity index (χ3v) is 11.1. The number of rotatable bonds is 18. The normalized spacial score (nSPS) is 26.4. The lowest BCUT2D eigenvalue weighted by Gasteiger charge is -2.21. The maximum Gasteiger partial charge on any atom is 0.253 e. The van der Waals surface area contributed by atoms with E-state index in [1.165, 1.54) is 15.9 Å². The van der Waals surface area contributed by atoms with Crippen molar-refractivity contribution in [3.05, 3.63) is 115 Å². The molecular formula is C45H49N5O9. The summed E-state index contributed by atoms with van der Waals surface area (Å²) in [5.41, 5.74) is 3.64. The number of amides is 5. The van der Waals surface area contributed by atoms with E-state index in [9.17, 15) is 24.0 Å². The van der Waals surface area contributed by atoms with Crippen molar-refractivity contribution in [2.45, 2.75) is 51.1 Å². The molecule has 5 amide bonds. The molecule has 7 rings (SSSR count). The van der Waals surface area contributed by atoms with Gasteiger partial charge in [0.05, 0.1) is 85.8 Å². The number of nitrogens with one attached hydrogen (secondary N) is 1. The van der Waals surface area contributed by atoms with Crippen molar-refractivity contribution in [2.75, 3.05) is 39.6 Å². The van der Waals surface area contributed by atoms with Crippen LogP contribution in [-0.4, -0.2) is 113 Å². The van der Waals surface area contributed by atoms with E-state index >= 15 is 0 Å². The number of imide groups is 2. The minimum absolute atomic E-state index is 0.0387. The fraction of sp³-hybridized carbons (Fsp3) is 0.400. The van der Waals surface area contributed by atoms with E-state index in [4.69, 9.17) is 18.9 Å². The highest BCUT2D eigenvalue weighted by Crippen LogP contribution is 2.44. The van der Waals surface area contributed by atoms with Crippen LogP contribution in [0.5, 0.6) is 0 Å². The van der Waals surface area contributed by atoms with Crippen LogP contribution in [0, 0.1) is 30.6 Å². The van der Waals surface area contributed by atoms with Crippen molar-refractivity contribution in [3.63, 3.8) is 0 Å². The van der Waals surface area contributed by atoms with E-state index in [2.05, 4.69) is 21.9 Å².